The number of hydrogen-bond acceptors (Lipinski definition) is 3. The summed E-state index contributed by atoms with van der Waals surface area (Å²) in [5.41, 5.74) is 2.27. The molecule has 0 saturated carbocycles. The van der Waals surface area contributed by atoms with Crippen LogP contribution in [0.2, 0.25) is 0 Å². The molecule has 0 aromatic carbocycles. The molecule has 1 aliphatic rings. The summed E-state index contributed by atoms with van der Waals surface area (Å²) in [6.07, 6.45) is 13.3. The van der Waals surface area contributed by atoms with Gasteiger partial charge in [-0.1, -0.05) is 23.8 Å². The Morgan fingerprint density at radius 3 is 2.77 bits per heavy atom. The van der Waals surface area contributed by atoms with Crippen molar-refractivity contribution in [1.29, 1.82) is 0 Å². The predicted molar refractivity (Wildman–Crippen MR) is 91.6 cm³/mol. The first-order valence-corrected chi connectivity index (χ1v) is 8.09. The molecule has 1 rings (SSSR count). The quantitative estimate of drug-likeness (QED) is 0.380. The van der Waals surface area contributed by atoms with Crippen LogP contribution in [0.1, 0.15) is 47.0 Å². The molecule has 3 heteroatoms. The number of ether oxygens (including phenoxy) is 3. The summed E-state index contributed by atoms with van der Waals surface area (Å²) in [6, 6.07) is 0. The third-order valence-electron chi connectivity index (χ3n) is 3.43. The molecule has 0 radical (unpaired) electrons. The fourth-order valence-electron chi connectivity index (χ4n) is 2.39. The molecular weight excluding hydrogens is 276 g/mol. The summed E-state index contributed by atoms with van der Waals surface area (Å²) in [4.78, 5) is 0. The van der Waals surface area contributed by atoms with Crippen LogP contribution in [0.3, 0.4) is 0 Å². The van der Waals surface area contributed by atoms with Crippen LogP contribution in [0.15, 0.2) is 47.3 Å². The molecule has 0 amide bonds. The van der Waals surface area contributed by atoms with E-state index in [2.05, 4.69) is 32.1 Å². The molecule has 2 atom stereocenters. The second-order valence-corrected chi connectivity index (χ2v) is 5.60. The van der Waals surface area contributed by atoms with Crippen molar-refractivity contribution in [2.24, 2.45) is 0 Å². The van der Waals surface area contributed by atoms with Crippen LogP contribution in [-0.4, -0.2) is 26.1 Å². The van der Waals surface area contributed by atoms with Gasteiger partial charge in [0.25, 0.3) is 0 Å². The third-order valence-corrected chi connectivity index (χ3v) is 3.43. The van der Waals surface area contributed by atoms with Gasteiger partial charge in [-0.2, -0.15) is 0 Å². The van der Waals surface area contributed by atoms with Gasteiger partial charge >= 0.3 is 0 Å². The van der Waals surface area contributed by atoms with Crippen LogP contribution in [-0.2, 0) is 14.2 Å². The van der Waals surface area contributed by atoms with Crippen molar-refractivity contribution in [3.05, 3.63) is 47.3 Å². The van der Waals surface area contributed by atoms with Gasteiger partial charge in [-0.25, -0.2) is 0 Å². The second kappa shape index (κ2) is 10.4. The van der Waals surface area contributed by atoms with E-state index in [1.165, 1.54) is 5.57 Å². The molecule has 0 fully saturated rings. The molecule has 1 aliphatic carbocycles. The first kappa shape index (κ1) is 18.7. The Balaban J connectivity index is 2.74. The first-order valence-electron chi connectivity index (χ1n) is 8.09. The van der Waals surface area contributed by atoms with E-state index in [1.54, 1.807) is 7.11 Å². The highest BCUT2D eigenvalue weighted by atomic mass is 16.7. The van der Waals surface area contributed by atoms with Crippen LogP contribution in [0.25, 0.3) is 0 Å². The van der Waals surface area contributed by atoms with E-state index in [9.17, 15) is 0 Å². The van der Waals surface area contributed by atoms with Crippen LogP contribution in [0.4, 0.5) is 0 Å². The number of methoxy groups -OCH3 is 1. The fourth-order valence-corrected chi connectivity index (χ4v) is 2.39. The molecule has 0 spiro atoms. The molecule has 124 valence electrons. The van der Waals surface area contributed by atoms with Crippen LogP contribution >= 0.6 is 0 Å². The molecule has 0 saturated heterocycles. The zero-order valence-electron chi connectivity index (χ0n) is 14.6. The van der Waals surface area contributed by atoms with Crippen molar-refractivity contribution in [1.82, 2.24) is 0 Å². The molecule has 0 aromatic rings. The highest BCUT2D eigenvalue weighted by molar-refractivity contribution is 5.24. The van der Waals surface area contributed by atoms with E-state index in [0.717, 1.165) is 37.2 Å². The van der Waals surface area contributed by atoms with Crippen LogP contribution in [0, 0.1) is 0 Å². The minimum Gasteiger partial charge on any atom is -0.461 e. The smallest absolute Gasteiger partial charge is 0.226 e. The molecule has 0 bridgehead atoms. The van der Waals surface area contributed by atoms with Gasteiger partial charge < -0.3 is 14.2 Å². The summed E-state index contributed by atoms with van der Waals surface area (Å²) < 4.78 is 17.2. The lowest BCUT2D eigenvalue weighted by atomic mass is 10.0. The normalized spacial score (nSPS) is 23.0. The number of allylic oxidation sites excluding steroid dienone is 4. The minimum atomic E-state index is -0.373. The van der Waals surface area contributed by atoms with Crippen molar-refractivity contribution < 1.29 is 14.2 Å². The number of rotatable bonds is 7. The van der Waals surface area contributed by atoms with Gasteiger partial charge in [0.2, 0.25) is 6.29 Å². The Hall–Kier alpha value is -1.32. The van der Waals surface area contributed by atoms with Gasteiger partial charge in [-0.05, 0) is 59.1 Å². The number of hydrogen-bond donors (Lipinski definition) is 0. The monoisotopic (exact) mass is 306 g/mol. The van der Waals surface area contributed by atoms with E-state index in [-0.39, 0.29) is 6.29 Å². The van der Waals surface area contributed by atoms with E-state index >= 15 is 0 Å². The first-order chi connectivity index (χ1) is 10.6. The molecule has 3 nitrogen and oxygen atoms in total. The van der Waals surface area contributed by atoms with E-state index in [1.807, 2.05) is 26.0 Å². The van der Waals surface area contributed by atoms with Gasteiger partial charge in [0.15, 0.2) is 0 Å². The summed E-state index contributed by atoms with van der Waals surface area (Å²) in [7, 11) is 1.68. The molecule has 0 N–H and O–H groups in total. The highest BCUT2D eigenvalue weighted by Crippen LogP contribution is 2.21. The zero-order valence-corrected chi connectivity index (χ0v) is 14.6. The van der Waals surface area contributed by atoms with Crippen molar-refractivity contribution >= 4 is 0 Å². The lowest BCUT2D eigenvalue weighted by Gasteiger charge is -2.22. The average molecular weight is 306 g/mol. The Labute approximate surface area is 135 Å². The van der Waals surface area contributed by atoms with Gasteiger partial charge in [-0.3, -0.25) is 0 Å². The fraction of sp³-hybridized carbons (Fsp3) is 0.579. The summed E-state index contributed by atoms with van der Waals surface area (Å²) in [5, 5.41) is 0. The highest BCUT2D eigenvalue weighted by Gasteiger charge is 2.16. The Morgan fingerprint density at radius 2 is 2.18 bits per heavy atom. The summed E-state index contributed by atoms with van der Waals surface area (Å²) in [5.74, 6) is 0.829. The predicted octanol–water partition coefficient (Wildman–Crippen LogP) is 4.92. The Morgan fingerprint density at radius 1 is 1.41 bits per heavy atom. The third kappa shape index (κ3) is 6.63. The molecule has 0 aromatic heterocycles. The van der Waals surface area contributed by atoms with E-state index in [0.29, 0.717) is 6.10 Å². The summed E-state index contributed by atoms with van der Waals surface area (Å²) >= 11 is 0. The van der Waals surface area contributed by atoms with Gasteiger partial charge in [0.05, 0.1) is 6.10 Å². The zero-order chi connectivity index (χ0) is 16.4. The topological polar surface area (TPSA) is 27.7 Å². The van der Waals surface area contributed by atoms with Crippen molar-refractivity contribution in [3.63, 3.8) is 0 Å². The van der Waals surface area contributed by atoms with Gasteiger partial charge in [-0.15, -0.1) is 0 Å². The van der Waals surface area contributed by atoms with Crippen molar-refractivity contribution in [2.45, 2.75) is 59.4 Å². The lowest BCUT2D eigenvalue weighted by molar-refractivity contribution is -0.0612. The molecular formula is C19H30O3. The minimum absolute atomic E-state index is 0.317. The van der Waals surface area contributed by atoms with Gasteiger partial charge in [0.1, 0.15) is 5.76 Å². The Bertz CT molecular complexity index is 440. The largest absolute Gasteiger partial charge is 0.461 e. The SMILES string of the molecule is C/C=C(\C=C(C)C)OC(OC)/C1=C/CCC(OCC)CC=C1. The van der Waals surface area contributed by atoms with Crippen molar-refractivity contribution in [2.75, 3.05) is 13.7 Å². The average Bonchev–Trinajstić information content (AvgIpc) is 2.46. The maximum absolute atomic E-state index is 5.98. The molecule has 2 unspecified atom stereocenters. The maximum Gasteiger partial charge on any atom is 0.226 e. The second-order valence-electron chi connectivity index (χ2n) is 5.60. The summed E-state index contributed by atoms with van der Waals surface area (Å²) in [6.45, 7) is 8.89. The Kier molecular flexibility index (Phi) is 8.86. The van der Waals surface area contributed by atoms with E-state index in [4.69, 9.17) is 14.2 Å². The van der Waals surface area contributed by atoms with Crippen molar-refractivity contribution in [3.8, 4) is 0 Å². The molecule has 0 aliphatic heterocycles. The van der Waals surface area contributed by atoms with Crippen LogP contribution < -0.4 is 0 Å². The molecule has 0 heterocycles. The van der Waals surface area contributed by atoms with Gasteiger partial charge in [0, 0.05) is 19.3 Å². The molecule has 22 heavy (non-hydrogen) atoms. The standard InChI is InChI=1S/C19H30O3/c1-6-17(14-15(3)4)22-19(20-5)16-10-8-12-18(21-7-2)13-9-11-16/h6,8,10-11,14,18-19H,7,9,12-13H2,1-5H3/b10-8?,16-11+,17-6+. The lowest BCUT2D eigenvalue weighted by Crippen LogP contribution is -2.18. The maximum atomic E-state index is 5.98. The van der Waals surface area contributed by atoms with E-state index < -0.39 is 0 Å². The van der Waals surface area contributed by atoms with Crippen LogP contribution in [0.5, 0.6) is 0 Å².